The van der Waals surface area contributed by atoms with Crippen LogP contribution in [0.15, 0.2) is 18.2 Å². The quantitative estimate of drug-likeness (QED) is 0.771. The third kappa shape index (κ3) is 1.55. The van der Waals surface area contributed by atoms with Gasteiger partial charge in [-0.3, -0.25) is 0 Å². The summed E-state index contributed by atoms with van der Waals surface area (Å²) >= 11 is 0. The second-order valence-corrected chi connectivity index (χ2v) is 4.52. The van der Waals surface area contributed by atoms with Gasteiger partial charge < -0.3 is 15.0 Å². The number of piperazine rings is 1. The highest BCUT2D eigenvalue weighted by atomic mass is 16.5. The van der Waals surface area contributed by atoms with E-state index in [0.29, 0.717) is 6.04 Å². The highest BCUT2D eigenvalue weighted by Crippen LogP contribution is 2.35. The van der Waals surface area contributed by atoms with Gasteiger partial charge in [-0.05, 0) is 24.1 Å². The van der Waals surface area contributed by atoms with Gasteiger partial charge in [-0.1, -0.05) is 13.0 Å². The van der Waals surface area contributed by atoms with Crippen molar-refractivity contribution < 1.29 is 4.74 Å². The van der Waals surface area contributed by atoms with Crippen LogP contribution in [0, 0.1) is 0 Å². The topological polar surface area (TPSA) is 24.5 Å². The zero-order valence-corrected chi connectivity index (χ0v) is 9.70. The van der Waals surface area contributed by atoms with Gasteiger partial charge in [0.2, 0.25) is 0 Å². The molecule has 3 nitrogen and oxygen atoms in total. The first-order chi connectivity index (χ1) is 7.88. The number of fused-ring (bicyclic) bond motifs is 3. The molecule has 3 rings (SSSR count). The lowest BCUT2D eigenvalue weighted by Crippen LogP contribution is -2.55. The molecule has 1 N–H and O–H groups in total. The maximum atomic E-state index is 5.81. The Balaban J connectivity index is 1.98. The van der Waals surface area contributed by atoms with Crippen molar-refractivity contribution in [3.8, 4) is 5.75 Å². The van der Waals surface area contributed by atoms with E-state index in [1.807, 2.05) is 0 Å². The number of anilines is 1. The Morgan fingerprint density at radius 1 is 1.50 bits per heavy atom. The summed E-state index contributed by atoms with van der Waals surface area (Å²) < 4.78 is 5.81. The predicted octanol–water partition coefficient (Wildman–Crippen LogP) is 1.42. The van der Waals surface area contributed by atoms with Crippen molar-refractivity contribution in [1.29, 1.82) is 0 Å². The number of nitrogens with zero attached hydrogens (tertiary/aromatic N) is 1. The minimum absolute atomic E-state index is 0.508. The molecule has 1 aromatic rings. The lowest BCUT2D eigenvalue weighted by molar-refractivity contribution is 0.247. The SMILES string of the molecule is CCc1ccc2c(c1)N1CCNCC1CO2. The van der Waals surface area contributed by atoms with Crippen LogP contribution in [0.1, 0.15) is 12.5 Å². The van der Waals surface area contributed by atoms with Crippen LogP contribution < -0.4 is 15.0 Å². The summed E-state index contributed by atoms with van der Waals surface area (Å²) in [6.45, 7) is 6.21. The van der Waals surface area contributed by atoms with Gasteiger partial charge in [0.25, 0.3) is 0 Å². The Kier molecular flexibility index (Phi) is 2.48. The van der Waals surface area contributed by atoms with Gasteiger partial charge in [0.15, 0.2) is 0 Å². The van der Waals surface area contributed by atoms with Crippen LogP contribution in [0.5, 0.6) is 5.75 Å². The summed E-state index contributed by atoms with van der Waals surface area (Å²) in [5.74, 6) is 1.05. The van der Waals surface area contributed by atoms with Crippen molar-refractivity contribution in [2.75, 3.05) is 31.1 Å². The molecule has 1 saturated heterocycles. The molecule has 3 heteroatoms. The molecule has 0 aliphatic carbocycles. The first kappa shape index (κ1) is 9.97. The number of benzene rings is 1. The molecule has 0 spiro atoms. The van der Waals surface area contributed by atoms with E-state index in [4.69, 9.17) is 4.74 Å². The first-order valence-electron chi connectivity index (χ1n) is 6.11. The van der Waals surface area contributed by atoms with Gasteiger partial charge in [0, 0.05) is 19.6 Å². The molecule has 1 aromatic carbocycles. The summed E-state index contributed by atoms with van der Waals surface area (Å²) in [4.78, 5) is 2.49. The number of rotatable bonds is 1. The highest BCUT2D eigenvalue weighted by molar-refractivity contribution is 5.62. The van der Waals surface area contributed by atoms with Crippen molar-refractivity contribution in [2.45, 2.75) is 19.4 Å². The normalized spacial score (nSPS) is 23.3. The monoisotopic (exact) mass is 218 g/mol. The summed E-state index contributed by atoms with van der Waals surface area (Å²) in [7, 11) is 0. The van der Waals surface area contributed by atoms with Gasteiger partial charge in [-0.25, -0.2) is 0 Å². The van der Waals surface area contributed by atoms with Crippen LogP contribution >= 0.6 is 0 Å². The Bertz CT molecular complexity index is 392. The fraction of sp³-hybridized carbons (Fsp3) is 0.538. The fourth-order valence-electron chi connectivity index (χ4n) is 2.54. The lowest BCUT2D eigenvalue weighted by Gasteiger charge is -2.42. The van der Waals surface area contributed by atoms with E-state index in [1.54, 1.807) is 0 Å². The standard InChI is InChI=1S/C13H18N2O/c1-2-10-3-4-13-12(7-10)15-6-5-14-8-11(15)9-16-13/h3-4,7,11,14H,2,5-6,8-9H2,1H3. The number of aryl methyl sites for hydroxylation is 1. The van der Waals surface area contributed by atoms with Gasteiger partial charge in [0.05, 0.1) is 11.7 Å². The molecule has 1 fully saturated rings. The van der Waals surface area contributed by atoms with Gasteiger partial charge >= 0.3 is 0 Å². The van der Waals surface area contributed by atoms with Crippen molar-refractivity contribution >= 4 is 5.69 Å². The first-order valence-corrected chi connectivity index (χ1v) is 6.11. The number of nitrogens with one attached hydrogen (secondary N) is 1. The molecule has 0 amide bonds. The molecule has 0 bridgehead atoms. The molecular formula is C13H18N2O. The minimum atomic E-state index is 0.508. The summed E-state index contributed by atoms with van der Waals surface area (Å²) in [6.07, 6.45) is 1.09. The second kappa shape index (κ2) is 3.98. The number of ether oxygens (including phenoxy) is 1. The Morgan fingerprint density at radius 3 is 3.31 bits per heavy atom. The molecule has 0 aromatic heterocycles. The van der Waals surface area contributed by atoms with E-state index in [1.165, 1.54) is 11.3 Å². The zero-order chi connectivity index (χ0) is 11.0. The van der Waals surface area contributed by atoms with E-state index in [2.05, 4.69) is 35.3 Å². The molecule has 2 heterocycles. The van der Waals surface area contributed by atoms with E-state index < -0.39 is 0 Å². The Morgan fingerprint density at radius 2 is 2.44 bits per heavy atom. The van der Waals surface area contributed by atoms with Crippen LogP contribution in [0.3, 0.4) is 0 Å². The number of hydrogen-bond donors (Lipinski definition) is 1. The van der Waals surface area contributed by atoms with Crippen LogP contribution in [0.25, 0.3) is 0 Å². The van der Waals surface area contributed by atoms with Crippen molar-refractivity contribution in [3.05, 3.63) is 23.8 Å². The van der Waals surface area contributed by atoms with Crippen molar-refractivity contribution in [1.82, 2.24) is 5.32 Å². The van der Waals surface area contributed by atoms with Gasteiger partial charge in [0.1, 0.15) is 12.4 Å². The highest BCUT2D eigenvalue weighted by Gasteiger charge is 2.29. The van der Waals surface area contributed by atoms with Gasteiger partial charge in [-0.15, -0.1) is 0 Å². The second-order valence-electron chi connectivity index (χ2n) is 4.52. The van der Waals surface area contributed by atoms with Crippen molar-refractivity contribution in [3.63, 3.8) is 0 Å². The molecule has 0 radical (unpaired) electrons. The third-order valence-corrected chi connectivity index (χ3v) is 3.52. The smallest absolute Gasteiger partial charge is 0.142 e. The molecule has 0 saturated carbocycles. The lowest BCUT2D eigenvalue weighted by atomic mass is 10.1. The molecule has 86 valence electrons. The van der Waals surface area contributed by atoms with E-state index in [9.17, 15) is 0 Å². The van der Waals surface area contributed by atoms with E-state index in [-0.39, 0.29) is 0 Å². The minimum Gasteiger partial charge on any atom is -0.489 e. The van der Waals surface area contributed by atoms with Crippen LogP contribution in [0.4, 0.5) is 5.69 Å². The van der Waals surface area contributed by atoms with E-state index >= 15 is 0 Å². The van der Waals surface area contributed by atoms with Crippen LogP contribution in [-0.4, -0.2) is 32.3 Å². The largest absolute Gasteiger partial charge is 0.489 e. The average Bonchev–Trinajstić information content (AvgIpc) is 2.38. The summed E-state index contributed by atoms with van der Waals surface area (Å²) in [5, 5.41) is 3.42. The molecule has 2 aliphatic rings. The van der Waals surface area contributed by atoms with Crippen LogP contribution in [-0.2, 0) is 6.42 Å². The zero-order valence-electron chi connectivity index (χ0n) is 9.70. The molecule has 16 heavy (non-hydrogen) atoms. The number of hydrogen-bond acceptors (Lipinski definition) is 3. The summed E-state index contributed by atoms with van der Waals surface area (Å²) in [6, 6.07) is 7.08. The molecule has 1 atom stereocenters. The Labute approximate surface area is 96.4 Å². The maximum Gasteiger partial charge on any atom is 0.142 e. The maximum absolute atomic E-state index is 5.81. The Hall–Kier alpha value is -1.22. The molecular weight excluding hydrogens is 200 g/mol. The summed E-state index contributed by atoms with van der Waals surface area (Å²) in [5.41, 5.74) is 2.68. The van der Waals surface area contributed by atoms with E-state index in [0.717, 1.165) is 38.4 Å². The van der Waals surface area contributed by atoms with Crippen LogP contribution in [0.2, 0.25) is 0 Å². The fourth-order valence-corrected chi connectivity index (χ4v) is 2.54. The molecule has 2 aliphatic heterocycles. The average molecular weight is 218 g/mol. The predicted molar refractivity (Wildman–Crippen MR) is 65.3 cm³/mol. The van der Waals surface area contributed by atoms with Gasteiger partial charge in [-0.2, -0.15) is 0 Å². The molecule has 1 unspecified atom stereocenters. The van der Waals surface area contributed by atoms with Crippen molar-refractivity contribution in [2.24, 2.45) is 0 Å². The third-order valence-electron chi connectivity index (χ3n) is 3.52.